The lowest BCUT2D eigenvalue weighted by molar-refractivity contribution is -0.302. The predicted molar refractivity (Wildman–Crippen MR) is 317 cm³/mol. The highest BCUT2D eigenvalue weighted by atomic mass is 16.7. The molecule has 1 rings (SSSR count). The summed E-state index contributed by atoms with van der Waals surface area (Å²) in [6.07, 6.45) is 72.7. The van der Waals surface area contributed by atoms with Crippen molar-refractivity contribution < 1.29 is 39.8 Å². The number of nitrogens with one attached hydrogen (secondary N) is 1. The molecular weight excluding hydrogens is 935 g/mol. The Morgan fingerprint density at radius 1 is 0.467 bits per heavy atom. The third-order valence-electron chi connectivity index (χ3n) is 13.9. The minimum absolute atomic E-state index is 0.143. The van der Waals surface area contributed by atoms with E-state index in [0.29, 0.717) is 12.8 Å². The molecule has 1 heterocycles. The second-order valence-corrected chi connectivity index (χ2v) is 20.8. The first-order valence-electron chi connectivity index (χ1n) is 30.6. The molecule has 0 aliphatic carbocycles. The third kappa shape index (κ3) is 43.5. The Kier molecular flexibility index (Phi) is 50.5. The summed E-state index contributed by atoms with van der Waals surface area (Å²) in [7, 11) is 0. The molecule has 0 saturated carbocycles. The van der Waals surface area contributed by atoms with E-state index in [4.69, 9.17) is 9.47 Å². The molecule has 0 aromatic heterocycles. The number of aliphatic hydroxyl groups is 5. The summed E-state index contributed by atoms with van der Waals surface area (Å²) in [5.74, 6) is -0.151. The first kappa shape index (κ1) is 69.9. The summed E-state index contributed by atoms with van der Waals surface area (Å²) in [6.45, 7) is 3.71. The Morgan fingerprint density at radius 2 is 0.827 bits per heavy atom. The topological polar surface area (TPSA) is 149 Å². The fourth-order valence-electron chi connectivity index (χ4n) is 9.10. The zero-order valence-corrected chi connectivity index (χ0v) is 47.8. The second kappa shape index (κ2) is 54.2. The van der Waals surface area contributed by atoms with Crippen LogP contribution in [0.25, 0.3) is 0 Å². The van der Waals surface area contributed by atoms with Crippen LogP contribution >= 0.6 is 0 Å². The van der Waals surface area contributed by atoms with Crippen LogP contribution in [0.4, 0.5) is 0 Å². The summed E-state index contributed by atoms with van der Waals surface area (Å²) < 4.78 is 11.3. The molecule has 1 aliphatic rings. The smallest absolute Gasteiger partial charge is 0.220 e. The number of allylic oxidation sites excluding steroid dienone is 18. The molecule has 1 saturated heterocycles. The van der Waals surface area contributed by atoms with E-state index in [9.17, 15) is 30.3 Å². The van der Waals surface area contributed by atoms with Crippen LogP contribution in [-0.2, 0) is 14.3 Å². The molecule has 7 unspecified atom stereocenters. The van der Waals surface area contributed by atoms with Gasteiger partial charge in [-0.05, 0) is 83.5 Å². The maximum absolute atomic E-state index is 13.1. The molecule has 0 radical (unpaired) electrons. The van der Waals surface area contributed by atoms with Crippen LogP contribution in [0.3, 0.4) is 0 Å². The van der Waals surface area contributed by atoms with Crippen molar-refractivity contribution in [2.75, 3.05) is 13.2 Å². The van der Waals surface area contributed by atoms with Crippen LogP contribution < -0.4 is 5.32 Å². The van der Waals surface area contributed by atoms with Gasteiger partial charge in [-0.1, -0.05) is 264 Å². The number of unbranched alkanes of at least 4 members (excludes halogenated alkanes) is 23. The van der Waals surface area contributed by atoms with E-state index in [1.807, 2.05) is 0 Å². The number of carbonyl (C=O) groups is 1. The van der Waals surface area contributed by atoms with Crippen LogP contribution in [-0.4, -0.2) is 87.5 Å². The SMILES string of the molecule is CC/C=C\C/C=C\C/C=C\C/C=C\C/C=C\C/C=C\C/C=C\C/C=C\C/C=C\CCCCCCCCCCCCCC(=O)NC(COC1OC(CO)C(O)C(O)C1O)C(O)CCCCCCCCCCCCCCC. The number of carbonyl (C=O) groups excluding carboxylic acids is 1. The Bertz CT molecular complexity index is 1540. The minimum Gasteiger partial charge on any atom is -0.394 e. The summed E-state index contributed by atoms with van der Waals surface area (Å²) in [6, 6.07) is -0.726. The van der Waals surface area contributed by atoms with Crippen LogP contribution in [0.2, 0.25) is 0 Å². The number of hydrogen-bond acceptors (Lipinski definition) is 8. The van der Waals surface area contributed by atoms with E-state index in [0.717, 1.165) is 103 Å². The largest absolute Gasteiger partial charge is 0.394 e. The molecule has 430 valence electrons. The minimum atomic E-state index is -1.56. The van der Waals surface area contributed by atoms with Gasteiger partial charge in [-0.15, -0.1) is 0 Å². The molecule has 9 heteroatoms. The van der Waals surface area contributed by atoms with Gasteiger partial charge in [0.1, 0.15) is 24.4 Å². The van der Waals surface area contributed by atoms with Gasteiger partial charge in [-0.2, -0.15) is 0 Å². The van der Waals surface area contributed by atoms with E-state index in [1.165, 1.54) is 116 Å². The van der Waals surface area contributed by atoms with E-state index in [2.05, 4.69) is 129 Å². The highest BCUT2D eigenvalue weighted by Gasteiger charge is 2.44. The zero-order valence-electron chi connectivity index (χ0n) is 47.8. The molecule has 1 amide bonds. The molecule has 1 aliphatic heterocycles. The fraction of sp³-hybridized carbons (Fsp3) is 0.712. The Hall–Kier alpha value is -3.15. The van der Waals surface area contributed by atoms with Gasteiger partial charge < -0.3 is 40.3 Å². The van der Waals surface area contributed by atoms with Gasteiger partial charge in [-0.25, -0.2) is 0 Å². The van der Waals surface area contributed by atoms with E-state index in [-0.39, 0.29) is 12.5 Å². The van der Waals surface area contributed by atoms with E-state index in [1.54, 1.807) is 0 Å². The molecular formula is C66H113NO8. The van der Waals surface area contributed by atoms with E-state index < -0.39 is 49.5 Å². The standard InChI is InChI=1S/C66H113NO8/c1-3-5-7-9-11-13-15-17-18-19-20-21-22-23-24-25-26-27-28-29-30-31-32-33-34-35-36-37-38-39-40-41-42-44-46-48-50-52-54-56-62(70)67-59(58-74-66-65(73)64(72)63(71)61(57-68)75-66)60(69)55-53-51-49-47-45-43-16-14-12-10-8-6-4-2/h5,7,11,13,17-18,20-21,23-24,26-27,29-30,32-33,35-36,59-61,63-66,68-69,71-73H,3-4,6,8-10,12,14-16,19,22,25,28,31,34,37-58H2,1-2H3,(H,67,70)/b7-5-,13-11-,18-17-,21-20-,24-23-,27-26-,30-29-,33-32-,36-35-. The molecule has 0 bridgehead atoms. The van der Waals surface area contributed by atoms with Crippen molar-refractivity contribution in [1.29, 1.82) is 0 Å². The zero-order chi connectivity index (χ0) is 54.3. The lowest BCUT2D eigenvalue weighted by Crippen LogP contribution is -2.60. The normalized spacial score (nSPS) is 19.7. The summed E-state index contributed by atoms with van der Waals surface area (Å²) in [5, 5.41) is 54.6. The van der Waals surface area contributed by atoms with Crippen molar-refractivity contribution in [3.05, 3.63) is 109 Å². The monoisotopic (exact) mass is 1050 g/mol. The van der Waals surface area contributed by atoms with Crippen LogP contribution in [0, 0.1) is 0 Å². The average molecular weight is 1050 g/mol. The molecule has 6 N–H and O–H groups in total. The molecule has 75 heavy (non-hydrogen) atoms. The van der Waals surface area contributed by atoms with Crippen molar-refractivity contribution >= 4 is 5.91 Å². The maximum Gasteiger partial charge on any atom is 0.220 e. The van der Waals surface area contributed by atoms with E-state index >= 15 is 0 Å². The molecule has 9 nitrogen and oxygen atoms in total. The number of ether oxygens (including phenoxy) is 2. The van der Waals surface area contributed by atoms with Gasteiger partial charge in [0.05, 0.1) is 25.4 Å². The second-order valence-electron chi connectivity index (χ2n) is 20.8. The van der Waals surface area contributed by atoms with Crippen molar-refractivity contribution in [3.63, 3.8) is 0 Å². The maximum atomic E-state index is 13.1. The molecule has 0 spiro atoms. The third-order valence-corrected chi connectivity index (χ3v) is 13.9. The van der Waals surface area contributed by atoms with Gasteiger partial charge in [0.2, 0.25) is 5.91 Å². The van der Waals surface area contributed by atoms with Crippen LogP contribution in [0.1, 0.15) is 245 Å². The summed E-state index contributed by atoms with van der Waals surface area (Å²) in [4.78, 5) is 13.1. The predicted octanol–water partition coefficient (Wildman–Crippen LogP) is 15.7. The van der Waals surface area contributed by atoms with Gasteiger partial charge in [0.15, 0.2) is 6.29 Å². The average Bonchev–Trinajstić information content (AvgIpc) is 3.41. The fourth-order valence-corrected chi connectivity index (χ4v) is 9.10. The number of aliphatic hydroxyl groups excluding tert-OH is 5. The quantitative estimate of drug-likeness (QED) is 0.0261. The highest BCUT2D eigenvalue weighted by molar-refractivity contribution is 5.76. The first-order chi connectivity index (χ1) is 36.8. The first-order valence-corrected chi connectivity index (χ1v) is 30.6. The number of amides is 1. The van der Waals surface area contributed by atoms with Crippen LogP contribution in [0.15, 0.2) is 109 Å². The molecule has 7 atom stereocenters. The number of rotatable bonds is 51. The van der Waals surface area contributed by atoms with Gasteiger partial charge in [0.25, 0.3) is 0 Å². The lowest BCUT2D eigenvalue weighted by Gasteiger charge is -2.40. The molecule has 0 aromatic rings. The highest BCUT2D eigenvalue weighted by Crippen LogP contribution is 2.23. The molecule has 0 aromatic carbocycles. The summed E-state index contributed by atoms with van der Waals surface area (Å²) in [5.41, 5.74) is 0. The lowest BCUT2D eigenvalue weighted by atomic mass is 9.99. The van der Waals surface area contributed by atoms with Crippen molar-refractivity contribution in [2.24, 2.45) is 0 Å². The Balaban J connectivity index is 2.12. The Labute approximate surface area is 459 Å². The van der Waals surface area contributed by atoms with Gasteiger partial charge in [-0.3, -0.25) is 4.79 Å². The number of hydrogen-bond donors (Lipinski definition) is 6. The Morgan fingerprint density at radius 3 is 1.23 bits per heavy atom. The van der Waals surface area contributed by atoms with Gasteiger partial charge >= 0.3 is 0 Å². The van der Waals surface area contributed by atoms with Crippen molar-refractivity contribution in [3.8, 4) is 0 Å². The molecule has 1 fully saturated rings. The van der Waals surface area contributed by atoms with Crippen molar-refractivity contribution in [1.82, 2.24) is 5.32 Å². The van der Waals surface area contributed by atoms with Gasteiger partial charge in [0, 0.05) is 6.42 Å². The van der Waals surface area contributed by atoms with Crippen LogP contribution in [0.5, 0.6) is 0 Å². The summed E-state index contributed by atoms with van der Waals surface area (Å²) >= 11 is 0. The van der Waals surface area contributed by atoms with Crippen molar-refractivity contribution in [2.45, 2.75) is 288 Å².